The molecule has 0 unspecified atom stereocenters. The van der Waals surface area contributed by atoms with Crippen LogP contribution < -0.4 is 5.32 Å². The second kappa shape index (κ2) is 6.77. The zero-order chi connectivity index (χ0) is 21.8. The zero-order valence-electron chi connectivity index (χ0n) is 15.7. The first-order valence-corrected chi connectivity index (χ1v) is 11.0. The predicted molar refractivity (Wildman–Crippen MR) is 108 cm³/mol. The molecule has 158 valence electrons. The molecule has 0 aliphatic carbocycles. The van der Waals surface area contributed by atoms with E-state index in [9.17, 15) is 21.6 Å². The highest BCUT2D eigenvalue weighted by atomic mass is 32.2. The number of nitrogens with zero attached hydrogens (tertiary/aromatic N) is 3. The Morgan fingerprint density at radius 2 is 1.68 bits per heavy atom. The quantitative estimate of drug-likeness (QED) is 0.490. The maximum Gasteiger partial charge on any atom is 0.417 e. The third-order valence-corrected chi connectivity index (χ3v) is 6.44. The molecule has 3 heterocycles. The van der Waals surface area contributed by atoms with E-state index in [1.807, 2.05) is 18.2 Å². The molecule has 1 aliphatic heterocycles. The topological polar surface area (TPSA) is 101 Å². The lowest BCUT2D eigenvalue weighted by atomic mass is 10.1. The third-order valence-electron chi connectivity index (χ3n) is 4.99. The van der Waals surface area contributed by atoms with Gasteiger partial charge < -0.3 is 5.32 Å². The highest BCUT2D eigenvalue weighted by Gasteiger charge is 2.36. The van der Waals surface area contributed by atoms with Gasteiger partial charge in [-0.25, -0.2) is 18.4 Å². The summed E-state index contributed by atoms with van der Waals surface area (Å²) >= 11 is 0. The van der Waals surface area contributed by atoms with Crippen molar-refractivity contribution in [3.63, 3.8) is 0 Å². The number of fused-ring (bicyclic) bond motifs is 2. The van der Waals surface area contributed by atoms with Crippen LogP contribution in [0.5, 0.6) is 0 Å². The molecule has 0 saturated heterocycles. The van der Waals surface area contributed by atoms with Crippen LogP contribution in [-0.4, -0.2) is 28.6 Å². The molecule has 0 radical (unpaired) electrons. The first-order chi connectivity index (χ1) is 14.7. The maximum atomic E-state index is 13.5. The number of anilines is 2. The minimum absolute atomic E-state index is 0.121. The second-order valence-corrected chi connectivity index (χ2v) is 9.20. The minimum Gasteiger partial charge on any atom is -0.323 e. The Hall–Kier alpha value is -3.47. The Labute approximate surface area is 174 Å². The van der Waals surface area contributed by atoms with Gasteiger partial charge in [0.15, 0.2) is 21.5 Å². The molecule has 2 N–H and O–H groups in total. The normalized spacial score (nSPS) is 15.2. The molecule has 0 amide bonds. The summed E-state index contributed by atoms with van der Waals surface area (Å²) < 4.78 is 65.1. The van der Waals surface area contributed by atoms with Crippen LogP contribution in [-0.2, 0) is 27.5 Å². The SMILES string of the molecule is O=S1(=O)Cc2nc(-c3ccccc3C(F)(F)F)nc(Nc3n[nH]c4ccccc34)c2C1. The Morgan fingerprint density at radius 3 is 2.48 bits per heavy atom. The lowest BCUT2D eigenvalue weighted by Gasteiger charge is -2.14. The number of sulfone groups is 1. The number of para-hydroxylation sites is 1. The van der Waals surface area contributed by atoms with Crippen LogP contribution in [0.2, 0.25) is 0 Å². The molecule has 5 rings (SSSR count). The van der Waals surface area contributed by atoms with Crippen LogP contribution in [0.3, 0.4) is 0 Å². The summed E-state index contributed by atoms with van der Waals surface area (Å²) in [5.41, 5.74) is 0.139. The number of benzene rings is 2. The van der Waals surface area contributed by atoms with Crippen molar-refractivity contribution in [3.8, 4) is 11.4 Å². The Kier molecular flexibility index (Phi) is 4.26. The van der Waals surface area contributed by atoms with Crippen LogP contribution in [0.4, 0.5) is 24.8 Å². The molecule has 11 heteroatoms. The lowest BCUT2D eigenvalue weighted by Crippen LogP contribution is -2.10. The predicted octanol–water partition coefficient (Wildman–Crippen LogP) is 4.21. The number of aromatic amines is 1. The molecule has 2 aromatic carbocycles. The Balaban J connectivity index is 1.68. The first-order valence-electron chi connectivity index (χ1n) is 9.18. The lowest BCUT2D eigenvalue weighted by molar-refractivity contribution is -0.137. The first kappa shape index (κ1) is 19.5. The third kappa shape index (κ3) is 3.50. The van der Waals surface area contributed by atoms with Crippen molar-refractivity contribution < 1.29 is 21.6 Å². The van der Waals surface area contributed by atoms with E-state index in [2.05, 4.69) is 25.5 Å². The van der Waals surface area contributed by atoms with Crippen molar-refractivity contribution >= 4 is 32.4 Å². The van der Waals surface area contributed by atoms with E-state index in [1.165, 1.54) is 18.2 Å². The molecular formula is C20H14F3N5O2S. The minimum atomic E-state index is -4.61. The molecule has 0 bridgehead atoms. The number of alkyl halides is 3. The second-order valence-electron chi connectivity index (χ2n) is 7.14. The monoisotopic (exact) mass is 445 g/mol. The molecule has 7 nitrogen and oxygen atoms in total. The molecular weight excluding hydrogens is 431 g/mol. The highest BCUT2D eigenvalue weighted by molar-refractivity contribution is 7.90. The smallest absolute Gasteiger partial charge is 0.323 e. The Bertz CT molecular complexity index is 1430. The van der Waals surface area contributed by atoms with Gasteiger partial charge in [0, 0.05) is 16.5 Å². The number of rotatable bonds is 3. The van der Waals surface area contributed by atoms with Gasteiger partial charge in [-0.1, -0.05) is 30.3 Å². The van der Waals surface area contributed by atoms with Gasteiger partial charge in [-0.05, 0) is 18.2 Å². The fourth-order valence-electron chi connectivity index (χ4n) is 3.60. The van der Waals surface area contributed by atoms with Gasteiger partial charge >= 0.3 is 6.18 Å². The van der Waals surface area contributed by atoms with Crippen LogP contribution in [0, 0.1) is 0 Å². The average Bonchev–Trinajstić information content (AvgIpc) is 3.26. The van der Waals surface area contributed by atoms with Crippen molar-refractivity contribution in [2.45, 2.75) is 17.7 Å². The molecule has 4 aromatic rings. The number of hydrogen-bond acceptors (Lipinski definition) is 6. The highest BCUT2D eigenvalue weighted by Crippen LogP contribution is 2.38. The zero-order valence-corrected chi connectivity index (χ0v) is 16.5. The van der Waals surface area contributed by atoms with Crippen molar-refractivity contribution in [2.75, 3.05) is 5.32 Å². The van der Waals surface area contributed by atoms with E-state index in [0.29, 0.717) is 11.4 Å². The summed E-state index contributed by atoms with van der Waals surface area (Å²) in [6.45, 7) is 0. The number of halogens is 3. The summed E-state index contributed by atoms with van der Waals surface area (Å²) in [5, 5.41) is 10.8. The standard InChI is InChI=1S/C20H14F3N5O2S/c21-20(22,23)14-7-3-1-5-11(14)17-24-16-10-31(29,30)9-13(16)18(25-17)26-19-12-6-2-4-8-15(12)27-28-19/h1-8H,9-10H2,(H2,24,25,26,27,28). The van der Waals surface area contributed by atoms with E-state index < -0.39 is 21.6 Å². The fraction of sp³-hybridized carbons (Fsp3) is 0.150. The summed E-state index contributed by atoms with van der Waals surface area (Å²) in [4.78, 5) is 8.48. The number of hydrogen-bond donors (Lipinski definition) is 2. The number of nitrogens with one attached hydrogen (secondary N) is 2. The van der Waals surface area contributed by atoms with Crippen molar-refractivity contribution in [3.05, 3.63) is 65.4 Å². The number of H-pyrrole nitrogens is 1. The average molecular weight is 445 g/mol. The van der Waals surface area contributed by atoms with E-state index in [4.69, 9.17) is 0 Å². The van der Waals surface area contributed by atoms with Gasteiger partial charge in [0.1, 0.15) is 5.82 Å². The summed E-state index contributed by atoms with van der Waals surface area (Å²) in [7, 11) is -3.48. The van der Waals surface area contributed by atoms with E-state index in [-0.39, 0.29) is 34.4 Å². The largest absolute Gasteiger partial charge is 0.417 e. The van der Waals surface area contributed by atoms with Gasteiger partial charge in [0.05, 0.1) is 28.3 Å². The molecule has 2 aromatic heterocycles. The van der Waals surface area contributed by atoms with Gasteiger partial charge in [-0.15, -0.1) is 0 Å². The van der Waals surface area contributed by atoms with Gasteiger partial charge in [-0.2, -0.15) is 18.3 Å². The summed E-state index contributed by atoms with van der Waals surface area (Å²) in [6, 6.07) is 12.2. The molecule has 0 fully saturated rings. The van der Waals surface area contributed by atoms with Crippen LogP contribution in [0.25, 0.3) is 22.3 Å². The maximum absolute atomic E-state index is 13.5. The molecule has 31 heavy (non-hydrogen) atoms. The van der Waals surface area contributed by atoms with Crippen molar-refractivity contribution in [1.29, 1.82) is 0 Å². The molecule has 0 atom stereocenters. The van der Waals surface area contributed by atoms with E-state index in [1.54, 1.807) is 6.07 Å². The molecule has 1 aliphatic rings. The van der Waals surface area contributed by atoms with Gasteiger partial charge in [0.25, 0.3) is 0 Å². The van der Waals surface area contributed by atoms with Gasteiger partial charge in [-0.3, -0.25) is 5.10 Å². The van der Waals surface area contributed by atoms with Crippen LogP contribution >= 0.6 is 0 Å². The fourth-order valence-corrected chi connectivity index (χ4v) is 5.10. The van der Waals surface area contributed by atoms with Crippen LogP contribution in [0.15, 0.2) is 48.5 Å². The molecule has 0 saturated carbocycles. The van der Waals surface area contributed by atoms with Crippen molar-refractivity contribution in [2.24, 2.45) is 0 Å². The van der Waals surface area contributed by atoms with Crippen LogP contribution in [0.1, 0.15) is 16.8 Å². The van der Waals surface area contributed by atoms with Gasteiger partial charge in [0.2, 0.25) is 0 Å². The summed E-state index contributed by atoms with van der Waals surface area (Å²) in [6.07, 6.45) is -4.61. The van der Waals surface area contributed by atoms with Crippen molar-refractivity contribution in [1.82, 2.24) is 20.2 Å². The van der Waals surface area contributed by atoms with E-state index in [0.717, 1.165) is 17.0 Å². The molecule has 0 spiro atoms. The van der Waals surface area contributed by atoms with E-state index >= 15 is 0 Å². The Morgan fingerprint density at radius 1 is 0.935 bits per heavy atom. The summed E-state index contributed by atoms with van der Waals surface area (Å²) in [5.74, 6) is -0.353. The number of aromatic nitrogens is 4.